The number of alkyl halides is 3. The summed E-state index contributed by atoms with van der Waals surface area (Å²) in [6, 6.07) is 8.28. The van der Waals surface area contributed by atoms with Gasteiger partial charge in [0.15, 0.2) is 0 Å². The largest absolute Gasteiger partial charge is 0.393 e. The van der Waals surface area contributed by atoms with E-state index in [9.17, 15) is 18.0 Å². The number of benzene rings is 1. The first kappa shape index (κ1) is 19.8. The number of hydrogen-bond acceptors (Lipinski definition) is 4. The first-order valence-corrected chi connectivity index (χ1v) is 9.87. The van der Waals surface area contributed by atoms with Crippen LogP contribution in [0.25, 0.3) is 0 Å². The lowest BCUT2D eigenvalue weighted by molar-refractivity contribution is -0.189. The molecule has 0 saturated heterocycles. The van der Waals surface area contributed by atoms with E-state index in [1.54, 1.807) is 6.20 Å². The molecule has 0 bridgehead atoms. The molecular weight excluding hydrogens is 375 g/mol. The molecular formula is C19H22F3N3OS. The molecule has 0 unspecified atom stereocenters. The third kappa shape index (κ3) is 5.29. The Morgan fingerprint density at radius 2 is 1.96 bits per heavy atom. The van der Waals surface area contributed by atoms with Crippen molar-refractivity contribution in [2.45, 2.75) is 43.9 Å². The zero-order chi connectivity index (χ0) is 19.3. The average Bonchev–Trinajstić information content (AvgIpc) is 3.19. The first-order chi connectivity index (χ1) is 12.9. The molecule has 4 nitrogen and oxygen atoms in total. The van der Waals surface area contributed by atoms with Crippen molar-refractivity contribution in [3.05, 3.63) is 52.5 Å². The normalized spacial score (nSPS) is 21.6. The van der Waals surface area contributed by atoms with E-state index in [4.69, 9.17) is 0 Å². The van der Waals surface area contributed by atoms with Crippen molar-refractivity contribution in [3.8, 4) is 0 Å². The van der Waals surface area contributed by atoms with E-state index in [0.717, 1.165) is 17.0 Å². The van der Waals surface area contributed by atoms with Crippen LogP contribution < -0.4 is 10.6 Å². The van der Waals surface area contributed by atoms with E-state index < -0.39 is 24.2 Å². The van der Waals surface area contributed by atoms with Gasteiger partial charge in [0.2, 0.25) is 5.91 Å². The van der Waals surface area contributed by atoms with Crippen molar-refractivity contribution >= 4 is 17.2 Å². The van der Waals surface area contributed by atoms with Gasteiger partial charge in [-0.2, -0.15) is 13.2 Å². The quantitative estimate of drug-likeness (QED) is 0.773. The first-order valence-electron chi connectivity index (χ1n) is 8.99. The summed E-state index contributed by atoms with van der Waals surface area (Å²) in [7, 11) is 0. The highest BCUT2D eigenvalue weighted by Crippen LogP contribution is 2.37. The number of carbonyl (C=O) groups is 1. The van der Waals surface area contributed by atoms with Crippen LogP contribution in [-0.4, -0.2) is 29.7 Å². The Morgan fingerprint density at radius 3 is 2.63 bits per heavy atom. The minimum absolute atomic E-state index is 0.120. The monoisotopic (exact) mass is 397 g/mol. The summed E-state index contributed by atoms with van der Waals surface area (Å²) >= 11 is 1.42. The number of aromatic nitrogens is 1. The van der Waals surface area contributed by atoms with Crippen LogP contribution in [0, 0.1) is 5.92 Å². The standard InChI is InChI=1S/C19H22F3N3OS/c20-19(21,22)14-8-4-5-9-15(14)24-12-16(26)25-17(18-23-10-11-27-18)13-6-2-1-3-7-13/h1-3,6-7,10-11,14-15,17,24H,4-5,8-9,12H2,(H,25,26)/t14-,15-,17+/m1/s1. The smallest absolute Gasteiger partial charge is 0.342 e. The third-order valence-corrected chi connectivity index (χ3v) is 5.69. The predicted molar refractivity (Wildman–Crippen MR) is 98.3 cm³/mol. The van der Waals surface area contributed by atoms with Crippen molar-refractivity contribution in [3.63, 3.8) is 0 Å². The maximum atomic E-state index is 13.2. The van der Waals surface area contributed by atoms with Crippen molar-refractivity contribution in [2.75, 3.05) is 6.54 Å². The summed E-state index contributed by atoms with van der Waals surface area (Å²) < 4.78 is 39.6. The zero-order valence-corrected chi connectivity index (χ0v) is 15.5. The highest BCUT2D eigenvalue weighted by atomic mass is 32.1. The van der Waals surface area contributed by atoms with Crippen molar-refractivity contribution in [1.29, 1.82) is 0 Å². The average molecular weight is 397 g/mol. The molecule has 8 heteroatoms. The molecule has 0 aliphatic heterocycles. The number of thiazole rings is 1. The minimum Gasteiger partial charge on any atom is -0.342 e. The summed E-state index contributed by atoms with van der Waals surface area (Å²) in [5.74, 6) is -1.73. The number of halogens is 3. The van der Waals surface area contributed by atoms with Crippen LogP contribution in [0.2, 0.25) is 0 Å². The number of carbonyl (C=O) groups excluding carboxylic acids is 1. The molecule has 27 heavy (non-hydrogen) atoms. The zero-order valence-electron chi connectivity index (χ0n) is 14.7. The molecule has 0 spiro atoms. The lowest BCUT2D eigenvalue weighted by Crippen LogP contribution is -2.48. The molecule has 1 aromatic carbocycles. The molecule has 2 aromatic rings. The highest BCUT2D eigenvalue weighted by molar-refractivity contribution is 7.09. The van der Waals surface area contributed by atoms with Crippen LogP contribution in [0.4, 0.5) is 13.2 Å². The maximum Gasteiger partial charge on any atom is 0.393 e. The summed E-state index contributed by atoms with van der Waals surface area (Å²) in [5, 5.41) is 8.29. The van der Waals surface area contributed by atoms with Crippen LogP contribution in [0.5, 0.6) is 0 Å². The third-order valence-electron chi connectivity index (χ3n) is 4.85. The molecule has 1 aromatic heterocycles. The lowest BCUT2D eigenvalue weighted by atomic mass is 9.84. The molecule has 1 aliphatic rings. The summed E-state index contributed by atoms with van der Waals surface area (Å²) in [6.45, 7) is -0.147. The van der Waals surface area contributed by atoms with Crippen molar-refractivity contribution in [1.82, 2.24) is 15.6 Å². The van der Waals surface area contributed by atoms with E-state index in [1.165, 1.54) is 11.3 Å². The van der Waals surface area contributed by atoms with E-state index >= 15 is 0 Å². The molecule has 1 aliphatic carbocycles. The van der Waals surface area contributed by atoms with Gasteiger partial charge in [-0.1, -0.05) is 43.2 Å². The summed E-state index contributed by atoms with van der Waals surface area (Å²) in [6.07, 6.45) is -0.689. The Balaban J connectivity index is 1.63. The van der Waals surface area contributed by atoms with Gasteiger partial charge in [-0.25, -0.2) is 4.98 Å². The lowest BCUT2D eigenvalue weighted by Gasteiger charge is -2.33. The number of rotatable bonds is 6. The van der Waals surface area contributed by atoms with Gasteiger partial charge in [0, 0.05) is 17.6 Å². The van der Waals surface area contributed by atoms with Gasteiger partial charge in [-0.3, -0.25) is 4.79 Å². The molecule has 1 heterocycles. The molecule has 146 valence electrons. The fraction of sp³-hybridized carbons (Fsp3) is 0.474. The van der Waals surface area contributed by atoms with Crippen LogP contribution in [0.1, 0.15) is 42.3 Å². The number of hydrogen-bond donors (Lipinski definition) is 2. The van der Waals surface area contributed by atoms with Gasteiger partial charge in [-0.05, 0) is 18.4 Å². The number of amides is 1. The van der Waals surface area contributed by atoms with Crippen LogP contribution in [0.15, 0.2) is 41.9 Å². The molecule has 0 radical (unpaired) electrons. The second kappa shape index (κ2) is 8.84. The predicted octanol–water partition coefficient (Wildman–Crippen LogP) is 4.06. The number of nitrogens with zero attached hydrogens (tertiary/aromatic N) is 1. The Morgan fingerprint density at radius 1 is 1.22 bits per heavy atom. The second-order valence-corrected chi connectivity index (χ2v) is 7.63. The van der Waals surface area contributed by atoms with Crippen LogP contribution in [0.3, 0.4) is 0 Å². The Kier molecular flexibility index (Phi) is 6.49. The van der Waals surface area contributed by atoms with Crippen LogP contribution >= 0.6 is 11.3 Å². The molecule has 1 amide bonds. The maximum absolute atomic E-state index is 13.2. The van der Waals surface area contributed by atoms with Crippen molar-refractivity contribution in [2.24, 2.45) is 5.92 Å². The molecule has 1 fully saturated rings. The summed E-state index contributed by atoms with van der Waals surface area (Å²) in [5.41, 5.74) is 0.881. The molecule has 3 rings (SSSR count). The molecule has 1 saturated carbocycles. The SMILES string of the molecule is O=C(CN[C@@H]1CCCC[C@H]1C(F)(F)F)N[C@@H](c1ccccc1)c1nccs1. The van der Waals surface area contributed by atoms with E-state index in [-0.39, 0.29) is 18.9 Å². The van der Waals surface area contributed by atoms with Gasteiger partial charge < -0.3 is 10.6 Å². The molecule has 2 N–H and O–H groups in total. The minimum atomic E-state index is -4.23. The van der Waals surface area contributed by atoms with Gasteiger partial charge >= 0.3 is 6.18 Å². The number of nitrogens with one attached hydrogen (secondary N) is 2. The van der Waals surface area contributed by atoms with Crippen molar-refractivity contribution < 1.29 is 18.0 Å². The van der Waals surface area contributed by atoms with Crippen LogP contribution in [-0.2, 0) is 4.79 Å². The fourth-order valence-electron chi connectivity index (χ4n) is 3.51. The van der Waals surface area contributed by atoms with E-state index in [1.807, 2.05) is 35.7 Å². The topological polar surface area (TPSA) is 54.0 Å². The summed E-state index contributed by atoms with van der Waals surface area (Å²) in [4.78, 5) is 16.7. The Hall–Kier alpha value is -1.93. The van der Waals surface area contributed by atoms with Gasteiger partial charge in [0.05, 0.1) is 12.5 Å². The fourth-order valence-corrected chi connectivity index (χ4v) is 4.23. The van der Waals surface area contributed by atoms with E-state index in [0.29, 0.717) is 12.8 Å². The Labute approximate surface area is 160 Å². The van der Waals surface area contributed by atoms with Gasteiger partial charge in [-0.15, -0.1) is 11.3 Å². The van der Waals surface area contributed by atoms with Gasteiger partial charge in [0.25, 0.3) is 0 Å². The Bertz CT molecular complexity index is 722. The second-order valence-electron chi connectivity index (χ2n) is 6.70. The molecule has 3 atom stereocenters. The van der Waals surface area contributed by atoms with E-state index in [2.05, 4.69) is 15.6 Å². The van der Waals surface area contributed by atoms with Gasteiger partial charge in [0.1, 0.15) is 11.0 Å². The highest BCUT2D eigenvalue weighted by Gasteiger charge is 2.45.